The molecule has 0 N–H and O–H groups in total. The number of alkyl halides is 2. The number of benzene rings is 3. The van der Waals surface area contributed by atoms with Gasteiger partial charge in [-0.05, 0) is 84.5 Å². The lowest BCUT2D eigenvalue weighted by molar-refractivity contribution is -0.0499. The van der Waals surface area contributed by atoms with Crippen molar-refractivity contribution in [2.75, 3.05) is 0 Å². The van der Waals surface area contributed by atoms with Crippen LogP contribution in [0.3, 0.4) is 0 Å². The number of halogens is 4. The standard InChI is InChI=1S/C28H22Cl2F2N2O2/c29-21-11-7-17(8-12-21)15-19-3-2-6-24-25(19)33-34(26(24)18-9-13-22(30)14-10-18)27(35)20-4-1-5-23(16-20)36-28(31)32/h1,4-5,7-16,24,26,28H,2-3,6H2/b19-15+/t24-,26-/m0/s1. The zero-order chi connectivity index (χ0) is 25.2. The molecule has 3 aromatic carbocycles. The molecule has 0 spiro atoms. The van der Waals surface area contributed by atoms with Gasteiger partial charge in [-0.1, -0.05) is 53.5 Å². The van der Waals surface area contributed by atoms with Crippen LogP contribution in [0.2, 0.25) is 10.0 Å². The minimum absolute atomic E-state index is 0.0112. The summed E-state index contributed by atoms with van der Waals surface area (Å²) in [7, 11) is 0. The van der Waals surface area contributed by atoms with Gasteiger partial charge in [-0.3, -0.25) is 4.79 Å². The van der Waals surface area contributed by atoms with Crippen molar-refractivity contribution in [3.63, 3.8) is 0 Å². The fraction of sp³-hybridized carbons (Fsp3) is 0.214. The van der Waals surface area contributed by atoms with Crippen molar-refractivity contribution in [3.8, 4) is 5.75 Å². The first-order valence-corrected chi connectivity index (χ1v) is 12.3. The molecular formula is C28H22Cl2F2N2O2. The van der Waals surface area contributed by atoms with Gasteiger partial charge in [0.1, 0.15) is 5.75 Å². The van der Waals surface area contributed by atoms with Gasteiger partial charge >= 0.3 is 6.61 Å². The number of hydrogen-bond acceptors (Lipinski definition) is 3. The highest BCUT2D eigenvalue weighted by Crippen LogP contribution is 2.45. The minimum Gasteiger partial charge on any atom is -0.435 e. The van der Waals surface area contributed by atoms with Crippen molar-refractivity contribution in [2.24, 2.45) is 11.0 Å². The van der Waals surface area contributed by atoms with Crippen LogP contribution in [0.5, 0.6) is 5.75 Å². The molecule has 1 aliphatic heterocycles. The third-order valence-corrected chi connectivity index (χ3v) is 6.94. The molecular weight excluding hydrogens is 505 g/mol. The van der Waals surface area contributed by atoms with E-state index in [1.165, 1.54) is 23.2 Å². The predicted molar refractivity (Wildman–Crippen MR) is 138 cm³/mol. The van der Waals surface area contributed by atoms with Crippen LogP contribution in [0.1, 0.15) is 46.8 Å². The predicted octanol–water partition coefficient (Wildman–Crippen LogP) is 8.03. The molecule has 2 aliphatic rings. The number of carbonyl (C=O) groups excluding carboxylic acids is 1. The van der Waals surface area contributed by atoms with E-state index in [1.54, 1.807) is 18.2 Å². The van der Waals surface area contributed by atoms with Gasteiger partial charge in [0.25, 0.3) is 5.91 Å². The minimum atomic E-state index is -2.98. The second-order valence-electron chi connectivity index (χ2n) is 8.76. The van der Waals surface area contributed by atoms with Crippen LogP contribution in [-0.2, 0) is 0 Å². The monoisotopic (exact) mass is 526 g/mol. The number of ether oxygens (including phenoxy) is 1. The van der Waals surface area contributed by atoms with Gasteiger partial charge in [-0.2, -0.15) is 13.9 Å². The van der Waals surface area contributed by atoms with Crippen LogP contribution in [0.4, 0.5) is 8.78 Å². The largest absolute Gasteiger partial charge is 0.435 e. The van der Waals surface area contributed by atoms with E-state index in [9.17, 15) is 13.6 Å². The summed E-state index contributed by atoms with van der Waals surface area (Å²) in [6, 6.07) is 20.4. The Morgan fingerprint density at radius 2 is 1.72 bits per heavy atom. The molecule has 0 radical (unpaired) electrons. The Morgan fingerprint density at radius 1 is 1.03 bits per heavy atom. The number of nitrogens with zero attached hydrogens (tertiary/aromatic N) is 2. The van der Waals surface area contributed by atoms with Crippen molar-refractivity contribution in [1.29, 1.82) is 0 Å². The Balaban J connectivity index is 1.55. The molecule has 3 aromatic rings. The first-order valence-electron chi connectivity index (χ1n) is 11.6. The van der Waals surface area contributed by atoms with Crippen LogP contribution >= 0.6 is 23.2 Å². The lowest BCUT2D eigenvalue weighted by Crippen LogP contribution is -2.31. The van der Waals surface area contributed by atoms with Crippen molar-refractivity contribution in [1.82, 2.24) is 5.01 Å². The molecule has 1 saturated carbocycles. The average Bonchev–Trinajstić information content (AvgIpc) is 3.26. The van der Waals surface area contributed by atoms with Crippen molar-refractivity contribution < 1.29 is 18.3 Å². The zero-order valence-electron chi connectivity index (χ0n) is 19.1. The maximum atomic E-state index is 13.7. The van der Waals surface area contributed by atoms with Crippen LogP contribution < -0.4 is 4.74 Å². The fourth-order valence-corrected chi connectivity index (χ4v) is 5.11. The van der Waals surface area contributed by atoms with Crippen molar-refractivity contribution in [3.05, 3.63) is 105 Å². The van der Waals surface area contributed by atoms with E-state index >= 15 is 0 Å². The smallest absolute Gasteiger partial charge is 0.387 e. The Labute approximate surface area is 217 Å². The van der Waals surface area contributed by atoms with E-state index in [4.69, 9.17) is 28.3 Å². The highest BCUT2D eigenvalue weighted by atomic mass is 35.5. The van der Waals surface area contributed by atoms with E-state index in [-0.39, 0.29) is 29.2 Å². The molecule has 0 aromatic heterocycles. The third-order valence-electron chi connectivity index (χ3n) is 6.44. The first-order chi connectivity index (χ1) is 17.4. The number of fused-ring (bicyclic) bond motifs is 1. The maximum absolute atomic E-state index is 13.7. The number of carbonyl (C=O) groups is 1. The Morgan fingerprint density at radius 3 is 2.42 bits per heavy atom. The van der Waals surface area contributed by atoms with E-state index in [0.29, 0.717) is 10.0 Å². The maximum Gasteiger partial charge on any atom is 0.387 e. The quantitative estimate of drug-likeness (QED) is 0.337. The summed E-state index contributed by atoms with van der Waals surface area (Å²) in [6.45, 7) is -2.98. The number of amides is 1. The van der Waals surface area contributed by atoms with Crippen molar-refractivity contribution >= 4 is 40.9 Å². The molecule has 4 nitrogen and oxygen atoms in total. The number of hydrogen-bond donors (Lipinski definition) is 0. The van der Waals surface area contributed by atoms with Crippen LogP contribution in [0.25, 0.3) is 6.08 Å². The Bertz CT molecular complexity index is 1320. The summed E-state index contributed by atoms with van der Waals surface area (Å²) < 4.78 is 30.0. The molecule has 2 atom stereocenters. The summed E-state index contributed by atoms with van der Waals surface area (Å²) in [4.78, 5) is 13.7. The molecule has 184 valence electrons. The molecule has 0 unspecified atom stereocenters. The van der Waals surface area contributed by atoms with Gasteiger partial charge in [-0.15, -0.1) is 0 Å². The van der Waals surface area contributed by atoms with Crippen molar-refractivity contribution in [2.45, 2.75) is 31.9 Å². The number of hydrazone groups is 1. The van der Waals surface area contributed by atoms with Gasteiger partial charge in [-0.25, -0.2) is 5.01 Å². The highest BCUT2D eigenvalue weighted by molar-refractivity contribution is 6.30. The van der Waals surface area contributed by atoms with Gasteiger partial charge in [0.15, 0.2) is 0 Å². The van der Waals surface area contributed by atoms with E-state index in [1.807, 2.05) is 36.4 Å². The second-order valence-corrected chi connectivity index (χ2v) is 9.63. The van der Waals surface area contributed by atoms with Gasteiger partial charge in [0, 0.05) is 21.5 Å². The van der Waals surface area contributed by atoms with E-state index < -0.39 is 6.61 Å². The van der Waals surface area contributed by atoms with Gasteiger partial charge in [0.2, 0.25) is 0 Å². The molecule has 1 fully saturated rings. The molecule has 1 heterocycles. The summed E-state index contributed by atoms with van der Waals surface area (Å²) in [5.74, 6) is -0.475. The summed E-state index contributed by atoms with van der Waals surface area (Å²) >= 11 is 12.2. The Kier molecular flexibility index (Phi) is 7.08. The van der Waals surface area contributed by atoms with E-state index in [0.717, 1.165) is 41.7 Å². The molecule has 5 rings (SSSR count). The highest BCUT2D eigenvalue weighted by Gasteiger charge is 2.44. The van der Waals surface area contributed by atoms with Gasteiger partial charge < -0.3 is 4.74 Å². The first kappa shape index (κ1) is 24.5. The lowest BCUT2D eigenvalue weighted by atomic mass is 9.77. The van der Waals surface area contributed by atoms with Crippen LogP contribution in [0, 0.1) is 5.92 Å². The fourth-order valence-electron chi connectivity index (χ4n) is 4.86. The lowest BCUT2D eigenvalue weighted by Gasteiger charge is -2.29. The molecule has 36 heavy (non-hydrogen) atoms. The molecule has 8 heteroatoms. The normalized spacial score (nSPS) is 20.4. The molecule has 1 aliphatic carbocycles. The molecule has 0 saturated heterocycles. The number of allylic oxidation sites excluding steroid dienone is 1. The third kappa shape index (κ3) is 5.15. The molecule has 0 bridgehead atoms. The Hall–Kier alpha value is -3.22. The van der Waals surface area contributed by atoms with Crippen LogP contribution in [0.15, 0.2) is 83.5 Å². The SMILES string of the molecule is O=C(c1cccc(OC(F)F)c1)N1N=C2/C(=C/c3ccc(Cl)cc3)CCC[C@@H]2[C@@H]1c1ccc(Cl)cc1. The summed E-state index contributed by atoms with van der Waals surface area (Å²) in [5.41, 5.74) is 4.06. The second kappa shape index (κ2) is 10.4. The topological polar surface area (TPSA) is 41.9 Å². The summed E-state index contributed by atoms with van der Waals surface area (Å²) in [6.07, 6.45) is 4.74. The average molecular weight is 527 g/mol. The zero-order valence-corrected chi connectivity index (χ0v) is 20.6. The van der Waals surface area contributed by atoms with Crippen LogP contribution in [-0.4, -0.2) is 23.2 Å². The van der Waals surface area contributed by atoms with Gasteiger partial charge in [0.05, 0.1) is 11.8 Å². The molecule has 1 amide bonds. The number of rotatable bonds is 5. The van der Waals surface area contributed by atoms with E-state index in [2.05, 4.69) is 10.8 Å². The summed E-state index contributed by atoms with van der Waals surface area (Å²) in [5, 5.41) is 7.57.